The van der Waals surface area contributed by atoms with Crippen molar-refractivity contribution in [2.45, 2.75) is 83.4 Å². The van der Waals surface area contributed by atoms with E-state index in [0.717, 1.165) is 43.0 Å². The van der Waals surface area contributed by atoms with Gasteiger partial charge in [0.05, 0.1) is 5.56 Å². The highest BCUT2D eigenvalue weighted by atomic mass is 32.2. The first-order valence-corrected chi connectivity index (χ1v) is 14.7. The first kappa shape index (κ1) is 27.4. The molecule has 1 aliphatic heterocycles. The predicted molar refractivity (Wildman–Crippen MR) is 144 cm³/mol. The normalized spacial score (nSPS) is 23.8. The van der Waals surface area contributed by atoms with Crippen LogP contribution in [0.5, 0.6) is 5.88 Å². The highest BCUT2D eigenvalue weighted by Gasteiger charge is 2.40. The Morgan fingerprint density at radius 1 is 1.14 bits per heavy atom. The first-order chi connectivity index (χ1) is 17.4. The lowest BCUT2D eigenvalue weighted by atomic mass is 9.80. The molecule has 9 heteroatoms. The summed E-state index contributed by atoms with van der Waals surface area (Å²) in [4.78, 5) is 24.4. The third kappa shape index (κ3) is 5.76. The lowest BCUT2D eigenvalue weighted by Gasteiger charge is -2.34. The van der Waals surface area contributed by atoms with Crippen LogP contribution in [-0.4, -0.2) is 53.8 Å². The van der Waals surface area contributed by atoms with Gasteiger partial charge in [-0.2, -0.15) is 13.4 Å². The van der Waals surface area contributed by atoms with Gasteiger partial charge in [0.2, 0.25) is 5.88 Å². The van der Waals surface area contributed by atoms with Crippen molar-refractivity contribution >= 4 is 21.7 Å². The molecule has 4 rings (SSSR count). The topological polar surface area (TPSA) is 92.7 Å². The molecule has 2 aromatic heterocycles. The Morgan fingerprint density at radius 3 is 2.46 bits per heavy atom. The molecule has 1 saturated carbocycles. The van der Waals surface area contributed by atoms with Gasteiger partial charge in [-0.3, -0.25) is 4.79 Å². The van der Waals surface area contributed by atoms with Gasteiger partial charge in [-0.1, -0.05) is 26.8 Å². The number of ether oxygens (including phenoxy) is 1. The van der Waals surface area contributed by atoms with Crippen LogP contribution in [0.2, 0.25) is 0 Å². The van der Waals surface area contributed by atoms with Crippen LogP contribution in [0.3, 0.4) is 0 Å². The van der Waals surface area contributed by atoms with Gasteiger partial charge >= 0.3 is 0 Å². The molecule has 0 N–H and O–H groups in total. The van der Waals surface area contributed by atoms with Crippen LogP contribution >= 0.6 is 0 Å². The monoisotopic (exact) mass is 528 g/mol. The van der Waals surface area contributed by atoms with Crippen molar-refractivity contribution in [1.29, 1.82) is 0 Å². The molecule has 0 radical (unpaired) electrons. The Hall–Kier alpha value is -2.68. The molecule has 37 heavy (non-hydrogen) atoms. The van der Waals surface area contributed by atoms with Crippen LogP contribution in [0, 0.1) is 17.8 Å². The second-order valence-electron chi connectivity index (χ2n) is 11.6. The van der Waals surface area contributed by atoms with Crippen LogP contribution in [0.1, 0.15) is 77.1 Å². The van der Waals surface area contributed by atoms with Gasteiger partial charge in [0.25, 0.3) is 15.9 Å². The number of carbonyl (C=O) groups excluding carboxylic acids is 1. The van der Waals surface area contributed by atoms with Crippen molar-refractivity contribution in [2.24, 2.45) is 17.8 Å². The molecule has 0 aromatic carbocycles. The summed E-state index contributed by atoms with van der Waals surface area (Å²) in [7, 11) is -2.93. The molecule has 1 unspecified atom stereocenters. The molecule has 8 nitrogen and oxygen atoms in total. The van der Waals surface area contributed by atoms with E-state index in [4.69, 9.17) is 4.74 Å². The zero-order valence-electron chi connectivity index (χ0n) is 22.8. The molecule has 202 valence electrons. The summed E-state index contributed by atoms with van der Waals surface area (Å²) in [5, 5.41) is -0.211. The average Bonchev–Trinajstić information content (AvgIpc) is 3.15. The fourth-order valence-electron chi connectivity index (χ4n) is 5.81. The Kier molecular flexibility index (Phi) is 7.83. The molecule has 0 spiro atoms. The molecular weight excluding hydrogens is 488 g/mol. The molecule has 2 aliphatic rings. The predicted octanol–water partition coefficient (Wildman–Crippen LogP) is 5.16. The number of anilines is 1. The SMILES string of the molecule is CC1CN(c2ncccc2C(=O)N(C)S(=O)(=O)c2cccc(OC3CCC(C(C)C)CC3)n2)C(C)(C)C1. The smallest absolute Gasteiger partial charge is 0.284 e. The maximum atomic E-state index is 13.5. The highest BCUT2D eigenvalue weighted by molar-refractivity contribution is 7.89. The summed E-state index contributed by atoms with van der Waals surface area (Å²) >= 11 is 0. The van der Waals surface area contributed by atoms with Gasteiger partial charge in [-0.25, -0.2) is 9.29 Å². The number of sulfonamides is 1. The Bertz CT molecular complexity index is 1220. The zero-order valence-corrected chi connectivity index (χ0v) is 23.7. The molecule has 1 atom stereocenters. The third-order valence-corrected chi connectivity index (χ3v) is 9.55. The van der Waals surface area contributed by atoms with Gasteiger partial charge in [0.15, 0.2) is 5.03 Å². The number of hydrogen-bond acceptors (Lipinski definition) is 7. The van der Waals surface area contributed by atoms with E-state index in [0.29, 0.717) is 23.6 Å². The minimum absolute atomic E-state index is 0.0176. The Labute approximate surface area is 221 Å². The Balaban J connectivity index is 1.53. The maximum Gasteiger partial charge on any atom is 0.284 e. The van der Waals surface area contributed by atoms with Gasteiger partial charge in [0.1, 0.15) is 11.9 Å². The number of nitrogens with zero attached hydrogens (tertiary/aromatic N) is 4. The summed E-state index contributed by atoms with van der Waals surface area (Å²) < 4.78 is 33.8. The van der Waals surface area contributed by atoms with E-state index >= 15 is 0 Å². The van der Waals surface area contributed by atoms with Crippen LogP contribution < -0.4 is 9.64 Å². The molecular formula is C28H40N4O4S. The molecule has 1 saturated heterocycles. The largest absolute Gasteiger partial charge is 0.474 e. The first-order valence-electron chi connectivity index (χ1n) is 13.3. The summed E-state index contributed by atoms with van der Waals surface area (Å²) in [6.07, 6.45) is 6.65. The van der Waals surface area contributed by atoms with E-state index in [-0.39, 0.29) is 28.1 Å². The van der Waals surface area contributed by atoms with E-state index in [1.165, 1.54) is 13.1 Å². The lowest BCUT2D eigenvalue weighted by molar-refractivity contribution is 0.0882. The second kappa shape index (κ2) is 10.6. The fraction of sp³-hybridized carbons (Fsp3) is 0.607. The van der Waals surface area contributed by atoms with Crippen LogP contribution in [0.4, 0.5) is 5.82 Å². The number of hydrogen-bond donors (Lipinski definition) is 0. The number of rotatable bonds is 7. The fourth-order valence-corrected chi connectivity index (χ4v) is 6.86. The molecule has 1 aliphatic carbocycles. The molecule has 2 aromatic rings. The van der Waals surface area contributed by atoms with E-state index in [9.17, 15) is 13.2 Å². The highest BCUT2D eigenvalue weighted by Crippen LogP contribution is 2.37. The number of pyridine rings is 2. The van der Waals surface area contributed by atoms with Gasteiger partial charge in [-0.15, -0.1) is 0 Å². The standard InChI is InChI=1S/C28H40N4O4S/c1-19(2)21-12-14-22(15-13-21)36-24-10-7-11-25(30-24)37(34,35)31(6)27(33)23-9-8-16-29-26(23)32-18-20(3)17-28(32,4)5/h7-11,16,19-22H,12-15,17-18H2,1-6H3. The van der Waals surface area contributed by atoms with Gasteiger partial charge in [-0.05, 0) is 81.9 Å². The average molecular weight is 529 g/mol. The van der Waals surface area contributed by atoms with Crippen molar-refractivity contribution in [1.82, 2.24) is 14.3 Å². The van der Waals surface area contributed by atoms with Crippen LogP contribution in [-0.2, 0) is 10.0 Å². The second-order valence-corrected chi connectivity index (χ2v) is 13.5. The Morgan fingerprint density at radius 2 is 1.84 bits per heavy atom. The maximum absolute atomic E-state index is 13.5. The van der Waals surface area contributed by atoms with E-state index in [1.54, 1.807) is 30.5 Å². The summed E-state index contributed by atoms with van der Waals surface area (Å²) in [5.41, 5.74) is 0.0620. The van der Waals surface area contributed by atoms with Crippen molar-refractivity contribution in [3.05, 3.63) is 42.1 Å². The number of aromatic nitrogens is 2. The number of amides is 1. The molecule has 2 fully saturated rings. The van der Waals surface area contributed by atoms with Crippen LogP contribution in [0.15, 0.2) is 41.6 Å². The minimum atomic E-state index is -4.20. The van der Waals surface area contributed by atoms with E-state index < -0.39 is 15.9 Å². The van der Waals surface area contributed by atoms with E-state index in [1.807, 2.05) is 0 Å². The summed E-state index contributed by atoms with van der Waals surface area (Å²) in [6.45, 7) is 11.6. The van der Waals surface area contributed by atoms with E-state index in [2.05, 4.69) is 49.5 Å². The van der Waals surface area contributed by atoms with Gasteiger partial charge < -0.3 is 9.64 Å². The van der Waals surface area contributed by atoms with Crippen molar-refractivity contribution < 1.29 is 17.9 Å². The zero-order chi connectivity index (χ0) is 27.0. The van der Waals surface area contributed by atoms with Crippen LogP contribution in [0.25, 0.3) is 0 Å². The van der Waals surface area contributed by atoms with Crippen molar-refractivity contribution in [2.75, 3.05) is 18.5 Å². The van der Waals surface area contributed by atoms with Crippen molar-refractivity contribution in [3.63, 3.8) is 0 Å². The summed E-state index contributed by atoms with van der Waals surface area (Å²) in [5.74, 6) is 1.93. The number of carbonyl (C=O) groups is 1. The summed E-state index contributed by atoms with van der Waals surface area (Å²) in [6, 6.07) is 7.97. The third-order valence-electron chi connectivity index (χ3n) is 7.90. The van der Waals surface area contributed by atoms with Crippen molar-refractivity contribution in [3.8, 4) is 5.88 Å². The molecule has 0 bridgehead atoms. The quantitative estimate of drug-likeness (QED) is 0.490. The molecule has 3 heterocycles. The van der Waals surface area contributed by atoms with Gasteiger partial charge in [0, 0.05) is 31.4 Å². The lowest BCUT2D eigenvalue weighted by Crippen LogP contribution is -2.41. The molecule has 1 amide bonds. The minimum Gasteiger partial charge on any atom is -0.474 e.